The molecule has 0 amide bonds. The lowest BCUT2D eigenvalue weighted by atomic mass is 10.0. The first kappa shape index (κ1) is 13.5. The highest BCUT2D eigenvalue weighted by atomic mass is 16.5. The number of hydrogen-bond acceptors (Lipinski definition) is 4. The average molecular weight is 274 g/mol. The summed E-state index contributed by atoms with van der Waals surface area (Å²) in [5.41, 5.74) is 3.19. The first-order valence-electron chi connectivity index (χ1n) is 7.24. The van der Waals surface area contributed by atoms with Crippen molar-refractivity contribution in [2.75, 3.05) is 13.2 Å². The van der Waals surface area contributed by atoms with E-state index in [4.69, 9.17) is 4.74 Å². The average Bonchev–Trinajstić information content (AvgIpc) is 3.06. The molecule has 1 aliphatic rings. The summed E-state index contributed by atoms with van der Waals surface area (Å²) in [6, 6.07) is 2.67. The van der Waals surface area contributed by atoms with Crippen molar-refractivity contribution >= 4 is 11.0 Å². The molecular formula is C15H22N4O. The van der Waals surface area contributed by atoms with Crippen LogP contribution in [0.4, 0.5) is 0 Å². The minimum absolute atomic E-state index is 0.475. The monoisotopic (exact) mass is 274 g/mol. The van der Waals surface area contributed by atoms with Gasteiger partial charge in [-0.15, -0.1) is 0 Å². The van der Waals surface area contributed by atoms with Crippen LogP contribution in [0.1, 0.15) is 24.6 Å². The normalized spacial score (nSPS) is 20.6. The van der Waals surface area contributed by atoms with E-state index in [-0.39, 0.29) is 0 Å². The quantitative estimate of drug-likeness (QED) is 0.923. The zero-order chi connectivity index (χ0) is 14.1. The van der Waals surface area contributed by atoms with Crippen LogP contribution in [-0.4, -0.2) is 34.0 Å². The van der Waals surface area contributed by atoms with E-state index in [2.05, 4.69) is 28.4 Å². The van der Waals surface area contributed by atoms with Crippen LogP contribution in [0.15, 0.2) is 12.3 Å². The minimum Gasteiger partial charge on any atom is -0.381 e. The summed E-state index contributed by atoms with van der Waals surface area (Å²) < 4.78 is 7.28. The van der Waals surface area contributed by atoms with Gasteiger partial charge < -0.3 is 10.1 Å². The van der Waals surface area contributed by atoms with Gasteiger partial charge in [0.2, 0.25) is 0 Å². The maximum Gasteiger partial charge on any atom is 0.157 e. The maximum absolute atomic E-state index is 5.44. The molecule has 5 nitrogen and oxygen atoms in total. The van der Waals surface area contributed by atoms with E-state index < -0.39 is 0 Å². The fourth-order valence-corrected chi connectivity index (χ4v) is 2.84. The Labute approximate surface area is 119 Å². The van der Waals surface area contributed by atoms with Gasteiger partial charge in [0.15, 0.2) is 5.65 Å². The van der Waals surface area contributed by atoms with Gasteiger partial charge in [0.05, 0.1) is 12.3 Å². The standard InChI is InChI=1S/C15H22N4O/c1-10(13-4-5-20-9-13)16-7-12-6-14-11(2)18-19(3)15(14)17-8-12/h6,8,10,13,16H,4-5,7,9H2,1-3H3. The third-order valence-electron chi connectivity index (χ3n) is 4.22. The predicted molar refractivity (Wildman–Crippen MR) is 78.5 cm³/mol. The van der Waals surface area contributed by atoms with Crippen LogP contribution in [0.3, 0.4) is 0 Å². The molecule has 0 aliphatic carbocycles. The molecule has 1 N–H and O–H groups in total. The molecule has 2 atom stereocenters. The molecule has 1 saturated heterocycles. The number of hydrogen-bond donors (Lipinski definition) is 1. The number of pyridine rings is 1. The zero-order valence-electron chi connectivity index (χ0n) is 12.4. The third kappa shape index (κ3) is 2.55. The smallest absolute Gasteiger partial charge is 0.157 e. The van der Waals surface area contributed by atoms with Gasteiger partial charge in [-0.3, -0.25) is 4.68 Å². The Morgan fingerprint density at radius 1 is 1.55 bits per heavy atom. The molecule has 0 radical (unpaired) electrons. The summed E-state index contributed by atoms with van der Waals surface area (Å²) >= 11 is 0. The second-order valence-electron chi connectivity index (χ2n) is 5.72. The van der Waals surface area contributed by atoms with Gasteiger partial charge >= 0.3 is 0 Å². The van der Waals surface area contributed by atoms with E-state index in [0.717, 1.165) is 42.9 Å². The van der Waals surface area contributed by atoms with Crippen molar-refractivity contribution in [1.29, 1.82) is 0 Å². The van der Waals surface area contributed by atoms with E-state index in [1.807, 2.05) is 24.9 Å². The van der Waals surface area contributed by atoms with Gasteiger partial charge in [0, 0.05) is 37.8 Å². The highest BCUT2D eigenvalue weighted by molar-refractivity contribution is 5.78. The SMILES string of the molecule is Cc1nn(C)c2ncc(CNC(C)C3CCOC3)cc12. The summed E-state index contributed by atoms with van der Waals surface area (Å²) in [5, 5.41) is 9.13. The first-order chi connectivity index (χ1) is 9.65. The number of nitrogens with zero attached hydrogens (tertiary/aromatic N) is 3. The topological polar surface area (TPSA) is 52.0 Å². The van der Waals surface area contributed by atoms with E-state index >= 15 is 0 Å². The third-order valence-corrected chi connectivity index (χ3v) is 4.22. The number of rotatable bonds is 4. The fraction of sp³-hybridized carbons (Fsp3) is 0.600. The summed E-state index contributed by atoms with van der Waals surface area (Å²) in [6.07, 6.45) is 3.10. The van der Waals surface area contributed by atoms with Crippen LogP contribution in [-0.2, 0) is 18.3 Å². The molecule has 108 valence electrons. The van der Waals surface area contributed by atoms with Crippen LogP contribution in [0, 0.1) is 12.8 Å². The largest absolute Gasteiger partial charge is 0.381 e. The van der Waals surface area contributed by atoms with E-state index in [9.17, 15) is 0 Å². The predicted octanol–water partition coefficient (Wildman–Crippen LogP) is 1.79. The van der Waals surface area contributed by atoms with E-state index in [1.165, 1.54) is 5.56 Å². The molecule has 5 heteroatoms. The Bertz CT molecular complexity index is 601. The lowest BCUT2D eigenvalue weighted by Gasteiger charge is -2.19. The Morgan fingerprint density at radius 2 is 2.40 bits per heavy atom. The summed E-state index contributed by atoms with van der Waals surface area (Å²) in [4.78, 5) is 4.51. The lowest BCUT2D eigenvalue weighted by molar-refractivity contribution is 0.178. The highest BCUT2D eigenvalue weighted by Gasteiger charge is 2.21. The molecular weight excluding hydrogens is 252 g/mol. The van der Waals surface area contributed by atoms with Crippen LogP contribution >= 0.6 is 0 Å². The Morgan fingerprint density at radius 3 is 3.15 bits per heavy atom. The van der Waals surface area contributed by atoms with Gasteiger partial charge in [0.25, 0.3) is 0 Å². The Kier molecular flexibility index (Phi) is 3.72. The summed E-state index contributed by atoms with van der Waals surface area (Å²) in [7, 11) is 1.93. The molecule has 20 heavy (non-hydrogen) atoms. The molecule has 2 aromatic rings. The highest BCUT2D eigenvalue weighted by Crippen LogP contribution is 2.18. The fourth-order valence-electron chi connectivity index (χ4n) is 2.84. The second kappa shape index (κ2) is 5.50. The second-order valence-corrected chi connectivity index (χ2v) is 5.72. The lowest BCUT2D eigenvalue weighted by Crippen LogP contribution is -2.33. The Balaban J connectivity index is 1.69. The first-order valence-corrected chi connectivity index (χ1v) is 7.24. The van der Waals surface area contributed by atoms with Crippen LogP contribution in [0.25, 0.3) is 11.0 Å². The maximum atomic E-state index is 5.44. The van der Waals surface area contributed by atoms with Crippen molar-refractivity contribution in [3.63, 3.8) is 0 Å². The number of aryl methyl sites for hydroxylation is 2. The molecule has 2 aromatic heterocycles. The van der Waals surface area contributed by atoms with Crippen molar-refractivity contribution in [3.05, 3.63) is 23.5 Å². The van der Waals surface area contributed by atoms with Crippen molar-refractivity contribution in [2.24, 2.45) is 13.0 Å². The molecule has 3 rings (SSSR count). The van der Waals surface area contributed by atoms with Gasteiger partial charge in [-0.2, -0.15) is 5.10 Å². The number of fused-ring (bicyclic) bond motifs is 1. The minimum atomic E-state index is 0.475. The number of nitrogens with one attached hydrogen (secondary N) is 1. The van der Waals surface area contributed by atoms with Crippen molar-refractivity contribution in [3.8, 4) is 0 Å². The molecule has 0 saturated carbocycles. The van der Waals surface area contributed by atoms with Crippen LogP contribution in [0.5, 0.6) is 0 Å². The van der Waals surface area contributed by atoms with Gasteiger partial charge in [-0.1, -0.05) is 0 Å². The molecule has 3 heterocycles. The Hall–Kier alpha value is -1.46. The summed E-state index contributed by atoms with van der Waals surface area (Å²) in [5.74, 6) is 0.631. The van der Waals surface area contributed by atoms with E-state index in [0.29, 0.717) is 12.0 Å². The molecule has 0 aromatic carbocycles. The van der Waals surface area contributed by atoms with Crippen molar-refractivity contribution < 1.29 is 4.74 Å². The van der Waals surface area contributed by atoms with Crippen LogP contribution < -0.4 is 5.32 Å². The van der Waals surface area contributed by atoms with Gasteiger partial charge in [-0.25, -0.2) is 4.98 Å². The molecule has 1 fully saturated rings. The van der Waals surface area contributed by atoms with Crippen LogP contribution in [0.2, 0.25) is 0 Å². The molecule has 0 bridgehead atoms. The van der Waals surface area contributed by atoms with E-state index in [1.54, 1.807) is 0 Å². The number of aromatic nitrogens is 3. The molecule has 1 aliphatic heterocycles. The van der Waals surface area contributed by atoms with Gasteiger partial charge in [-0.05, 0) is 37.8 Å². The van der Waals surface area contributed by atoms with Gasteiger partial charge in [0.1, 0.15) is 0 Å². The number of ether oxygens (including phenoxy) is 1. The van der Waals surface area contributed by atoms with Crippen molar-refractivity contribution in [2.45, 2.75) is 32.9 Å². The summed E-state index contributed by atoms with van der Waals surface area (Å²) in [6.45, 7) is 6.89. The molecule has 2 unspecified atom stereocenters. The zero-order valence-corrected chi connectivity index (χ0v) is 12.4. The van der Waals surface area contributed by atoms with Crippen molar-refractivity contribution in [1.82, 2.24) is 20.1 Å². The molecule has 0 spiro atoms.